The fraction of sp³-hybridized carbons (Fsp3) is 0.889. The molecule has 0 aromatic carbocycles. The highest BCUT2D eigenvalue weighted by Gasteiger charge is 2.61. The minimum atomic E-state index is -1.79. The fourth-order valence-corrected chi connectivity index (χ4v) is 11.5. The summed E-state index contributed by atoms with van der Waals surface area (Å²) in [5.41, 5.74) is -4.24. The van der Waals surface area contributed by atoms with E-state index >= 15 is 0 Å². The Kier molecular flexibility index (Phi) is 28.1. The molecule has 0 aromatic heterocycles. The zero-order valence-corrected chi connectivity index (χ0v) is 42.5. The third kappa shape index (κ3) is 16.9. The molecule has 0 fully saturated rings. The van der Waals surface area contributed by atoms with Crippen molar-refractivity contribution >= 4 is 88.8 Å². The molecule has 0 amide bonds. The number of carbonyl (C=O) groups excluding carboxylic acids is 4. The lowest BCUT2D eigenvalue weighted by atomic mass is 9.58. The molecular weight excluding hydrogens is 805 g/mol. The molecule has 0 spiro atoms. The molecule has 318 valence electrons. The highest BCUT2D eigenvalue weighted by atomic mass is 32.2. The molecule has 18 heteroatoms. The van der Waals surface area contributed by atoms with E-state index in [1.54, 1.807) is 13.8 Å². The van der Waals surface area contributed by atoms with Crippen LogP contribution in [0.15, 0.2) is 0 Å². The van der Waals surface area contributed by atoms with Crippen LogP contribution in [0.3, 0.4) is 0 Å². The Balaban J connectivity index is 7.18. The lowest BCUT2D eigenvalue weighted by molar-refractivity contribution is -0.221. The summed E-state index contributed by atoms with van der Waals surface area (Å²) in [6.07, 6.45) is 4.95. The number of thiol groups is 1. The van der Waals surface area contributed by atoms with Gasteiger partial charge in [-0.15, -0.1) is 0 Å². The average Bonchev–Trinajstić information content (AvgIpc) is 3.12. The Hall–Kier alpha value is -0.259. The maximum atomic E-state index is 12.5. The molecule has 0 aliphatic carbocycles. The van der Waals surface area contributed by atoms with Gasteiger partial charge in [0.1, 0.15) is 23.7 Å². The summed E-state index contributed by atoms with van der Waals surface area (Å²) < 4.78 is 50.5. The van der Waals surface area contributed by atoms with Crippen molar-refractivity contribution in [3.63, 3.8) is 0 Å². The normalized spacial score (nSPS) is 17.8. The van der Waals surface area contributed by atoms with Crippen LogP contribution in [0, 0.1) is 10.8 Å². The van der Waals surface area contributed by atoms with E-state index in [4.69, 9.17) is 36.3 Å². The lowest BCUT2D eigenvalue weighted by Crippen LogP contribution is -2.67. The predicted octanol–water partition coefficient (Wildman–Crippen LogP) is 4.41. The first-order valence-electron chi connectivity index (χ1n) is 19.2. The first-order chi connectivity index (χ1) is 25.5. The molecule has 0 saturated carbocycles. The van der Waals surface area contributed by atoms with Crippen molar-refractivity contribution in [2.24, 2.45) is 10.8 Å². The molecule has 0 aliphatic heterocycles. The molecule has 12 nitrogen and oxygen atoms in total. The predicted molar refractivity (Wildman–Crippen MR) is 230 cm³/mol. The first-order valence-corrected chi connectivity index (χ1v) is 24.9. The van der Waals surface area contributed by atoms with Gasteiger partial charge in [0.25, 0.3) is 0 Å². The number of ether oxygens (including phenoxy) is 3. The van der Waals surface area contributed by atoms with Gasteiger partial charge in [0.15, 0.2) is 10.2 Å². The second-order valence-electron chi connectivity index (χ2n) is 14.0. The smallest absolute Gasteiger partial charge is 0.304 e. The summed E-state index contributed by atoms with van der Waals surface area (Å²) in [6, 6.07) is 0. The topological polar surface area (TPSA) is 142 Å². The zero-order valence-electron chi connectivity index (χ0n) is 35.1. The number of carbonyl (C=O) groups is 4. The van der Waals surface area contributed by atoms with Gasteiger partial charge >= 0.3 is 32.0 Å². The Morgan fingerprint density at radius 3 is 1.69 bits per heavy atom. The van der Waals surface area contributed by atoms with Crippen LogP contribution < -0.4 is 0 Å². The monoisotopic (exact) mass is 876 g/mol. The highest BCUT2D eigenvalue weighted by molar-refractivity contribution is 8.13. The van der Waals surface area contributed by atoms with Crippen molar-refractivity contribution in [1.29, 1.82) is 0 Å². The molecule has 0 bridgehead atoms. The standard InChI is InChI=1S/C36H72O12S3Si3/c1-11-34(24-42-28(5)37,32(9,18-15-21-49)47-53-44-14-4)25-45-54-48-33(10,19-16-22-50-30(7)39)35(12-2,26-43-29(6)38)36(46-52,27-41-13-3)20-17-23-51-31(8)40/h49H,11-27,53-54H2,1-10,52H3. The van der Waals surface area contributed by atoms with Crippen molar-refractivity contribution in [2.75, 3.05) is 56.9 Å². The number of hydrogen-bond donors (Lipinski definition) is 1. The molecule has 0 aliphatic rings. The molecule has 0 rings (SSSR count). The largest absolute Gasteiger partial charge is 0.465 e. The van der Waals surface area contributed by atoms with Crippen LogP contribution in [0.2, 0.25) is 0 Å². The third-order valence-electron chi connectivity index (χ3n) is 10.7. The van der Waals surface area contributed by atoms with E-state index in [1.165, 1.54) is 37.4 Å². The maximum absolute atomic E-state index is 12.5. The Morgan fingerprint density at radius 1 is 0.667 bits per heavy atom. The Bertz CT molecular complexity index is 1110. The highest BCUT2D eigenvalue weighted by Crippen LogP contribution is 2.53. The summed E-state index contributed by atoms with van der Waals surface area (Å²) >= 11 is 7.01. The van der Waals surface area contributed by atoms with Gasteiger partial charge in [-0.2, -0.15) is 12.6 Å². The van der Waals surface area contributed by atoms with Crippen molar-refractivity contribution in [1.82, 2.24) is 0 Å². The van der Waals surface area contributed by atoms with E-state index in [2.05, 4.69) is 19.6 Å². The van der Waals surface area contributed by atoms with E-state index in [1.807, 2.05) is 34.6 Å². The second kappa shape index (κ2) is 28.2. The minimum Gasteiger partial charge on any atom is -0.465 e. The van der Waals surface area contributed by atoms with Crippen LogP contribution in [-0.4, -0.2) is 126 Å². The van der Waals surface area contributed by atoms with Gasteiger partial charge in [0.05, 0.1) is 34.2 Å². The van der Waals surface area contributed by atoms with Crippen LogP contribution in [0.25, 0.3) is 0 Å². The molecule has 5 unspecified atom stereocenters. The SMILES string of the molecule is CCOCC(CCCSC(C)=O)(O[SiH3])C(CC)(COC(C)=O)C(C)(CCCSC(C)=O)O[SiH2]OCC(CC)(COC(C)=O)C(C)(CCCS)O[SiH2]OCC. The third-order valence-corrected chi connectivity index (χ3v) is 16.1. The Morgan fingerprint density at radius 2 is 1.20 bits per heavy atom. The lowest BCUT2D eigenvalue weighted by Gasteiger charge is -2.58. The number of thioether (sulfide) groups is 2. The van der Waals surface area contributed by atoms with Gasteiger partial charge in [-0.05, 0) is 84.8 Å². The second-order valence-corrected chi connectivity index (χ2v) is 19.3. The van der Waals surface area contributed by atoms with Gasteiger partial charge in [0, 0.05) is 59.0 Å². The van der Waals surface area contributed by atoms with Crippen LogP contribution in [-0.2, 0) is 55.5 Å². The van der Waals surface area contributed by atoms with Gasteiger partial charge < -0.3 is 36.3 Å². The quantitative estimate of drug-likeness (QED) is 0.0431. The molecule has 5 atom stereocenters. The van der Waals surface area contributed by atoms with Gasteiger partial charge in [-0.25, -0.2) is 0 Å². The maximum Gasteiger partial charge on any atom is 0.304 e. The molecule has 0 heterocycles. The van der Waals surface area contributed by atoms with Crippen molar-refractivity contribution < 1.29 is 55.5 Å². The van der Waals surface area contributed by atoms with Crippen LogP contribution in [0.5, 0.6) is 0 Å². The summed E-state index contributed by atoms with van der Waals surface area (Å²) in [7, 11) is -2.77. The fourth-order valence-electron chi connectivity index (χ4n) is 7.25. The molecule has 0 aromatic rings. The van der Waals surface area contributed by atoms with Crippen molar-refractivity contribution in [3.05, 3.63) is 0 Å². The summed E-state index contributed by atoms with van der Waals surface area (Å²) in [6.45, 7) is 19.5. The number of hydrogen-bond acceptors (Lipinski definition) is 15. The van der Waals surface area contributed by atoms with Crippen molar-refractivity contribution in [2.45, 2.75) is 137 Å². The summed E-state index contributed by atoms with van der Waals surface area (Å²) in [4.78, 5) is 48.5. The van der Waals surface area contributed by atoms with E-state index in [-0.39, 0.29) is 42.6 Å². The average molecular weight is 877 g/mol. The van der Waals surface area contributed by atoms with Gasteiger partial charge in [-0.1, -0.05) is 37.4 Å². The van der Waals surface area contributed by atoms with E-state index in [9.17, 15) is 19.2 Å². The van der Waals surface area contributed by atoms with Crippen molar-refractivity contribution in [3.8, 4) is 0 Å². The van der Waals surface area contributed by atoms with Gasteiger partial charge in [-0.3, -0.25) is 19.2 Å². The zero-order chi connectivity index (χ0) is 41.3. The molecular formula is C36H72O12S3Si3. The van der Waals surface area contributed by atoms with Crippen LogP contribution in [0.4, 0.5) is 0 Å². The number of rotatable bonds is 33. The molecule has 0 N–H and O–H groups in total. The molecule has 54 heavy (non-hydrogen) atoms. The van der Waals surface area contributed by atoms with Crippen LogP contribution in [0.1, 0.15) is 121 Å². The Labute approximate surface area is 347 Å². The van der Waals surface area contributed by atoms with E-state index < -0.39 is 53.6 Å². The van der Waals surface area contributed by atoms with Crippen LogP contribution >= 0.6 is 36.2 Å². The van der Waals surface area contributed by atoms with E-state index in [0.29, 0.717) is 85.9 Å². The minimum absolute atomic E-state index is 0.0157. The molecule has 0 saturated heterocycles. The number of esters is 2. The van der Waals surface area contributed by atoms with Gasteiger partial charge in [0.2, 0.25) is 0 Å². The summed E-state index contributed by atoms with van der Waals surface area (Å²) in [5.74, 6) is 1.06. The summed E-state index contributed by atoms with van der Waals surface area (Å²) in [5, 5.41) is 0.0789. The molecule has 0 radical (unpaired) electrons. The first kappa shape index (κ1) is 53.7. The van der Waals surface area contributed by atoms with E-state index in [0.717, 1.165) is 6.42 Å².